The maximum absolute atomic E-state index is 12.0. The van der Waals surface area contributed by atoms with Crippen molar-refractivity contribution in [3.63, 3.8) is 0 Å². The van der Waals surface area contributed by atoms with E-state index in [0.717, 1.165) is 42.6 Å². The van der Waals surface area contributed by atoms with Crippen LogP contribution in [0.3, 0.4) is 0 Å². The van der Waals surface area contributed by atoms with Gasteiger partial charge in [-0.1, -0.05) is 18.2 Å². The standard InChI is InChI=1S/C18H28N2O3/c1-12-5-4-6-13(2)17(12)23-11-14(3)19-18(22)20-15-7-9-16(21)10-8-15/h4-6,14-16,21H,7-11H2,1-3H3,(H2,19,20,22). The molecule has 1 saturated carbocycles. The van der Waals surface area contributed by atoms with Crippen LogP contribution >= 0.6 is 0 Å². The van der Waals surface area contributed by atoms with E-state index in [1.54, 1.807) is 0 Å². The lowest BCUT2D eigenvalue weighted by Crippen LogP contribution is -2.48. The molecule has 128 valence electrons. The Kier molecular flexibility index (Phi) is 6.28. The van der Waals surface area contributed by atoms with Gasteiger partial charge in [0.15, 0.2) is 0 Å². The third kappa shape index (κ3) is 5.43. The molecule has 1 aliphatic carbocycles. The maximum Gasteiger partial charge on any atom is 0.315 e. The summed E-state index contributed by atoms with van der Waals surface area (Å²) in [6.45, 7) is 6.40. The average Bonchev–Trinajstić information content (AvgIpc) is 2.49. The number of ether oxygens (including phenoxy) is 1. The van der Waals surface area contributed by atoms with E-state index in [1.807, 2.05) is 39.0 Å². The molecule has 2 amide bonds. The second kappa shape index (κ2) is 8.20. The molecule has 1 unspecified atom stereocenters. The molecule has 0 bridgehead atoms. The summed E-state index contributed by atoms with van der Waals surface area (Å²) in [5, 5.41) is 15.4. The normalized spacial score (nSPS) is 22.3. The molecule has 0 saturated heterocycles. The first-order valence-electron chi connectivity index (χ1n) is 8.40. The molecule has 1 aromatic rings. The van der Waals surface area contributed by atoms with Crippen molar-refractivity contribution in [3.05, 3.63) is 29.3 Å². The van der Waals surface area contributed by atoms with E-state index in [-0.39, 0.29) is 24.2 Å². The Labute approximate surface area is 138 Å². The first-order valence-corrected chi connectivity index (χ1v) is 8.40. The second-order valence-electron chi connectivity index (χ2n) is 6.56. The van der Waals surface area contributed by atoms with E-state index in [2.05, 4.69) is 10.6 Å². The van der Waals surface area contributed by atoms with Gasteiger partial charge in [-0.15, -0.1) is 0 Å². The maximum atomic E-state index is 12.0. The van der Waals surface area contributed by atoms with Crippen LogP contribution in [0.15, 0.2) is 18.2 Å². The van der Waals surface area contributed by atoms with Gasteiger partial charge >= 0.3 is 6.03 Å². The Morgan fingerprint density at radius 3 is 2.48 bits per heavy atom. The molecule has 1 aliphatic rings. The monoisotopic (exact) mass is 320 g/mol. The number of aliphatic hydroxyl groups excluding tert-OH is 1. The fraction of sp³-hybridized carbons (Fsp3) is 0.611. The summed E-state index contributed by atoms with van der Waals surface area (Å²) < 4.78 is 5.86. The van der Waals surface area contributed by atoms with Crippen molar-refractivity contribution in [1.29, 1.82) is 0 Å². The zero-order valence-electron chi connectivity index (χ0n) is 14.3. The lowest BCUT2D eigenvalue weighted by molar-refractivity contribution is 0.117. The topological polar surface area (TPSA) is 70.6 Å². The predicted octanol–water partition coefficient (Wildman–Crippen LogP) is 2.67. The molecule has 3 N–H and O–H groups in total. The fourth-order valence-corrected chi connectivity index (χ4v) is 2.95. The quantitative estimate of drug-likeness (QED) is 0.781. The number of benzene rings is 1. The highest BCUT2D eigenvalue weighted by molar-refractivity contribution is 5.74. The fourth-order valence-electron chi connectivity index (χ4n) is 2.95. The Morgan fingerprint density at radius 1 is 1.26 bits per heavy atom. The number of carbonyl (C=O) groups is 1. The summed E-state index contributed by atoms with van der Waals surface area (Å²) in [7, 11) is 0. The SMILES string of the molecule is Cc1cccc(C)c1OCC(C)NC(=O)NC1CCC(O)CC1. The zero-order chi connectivity index (χ0) is 16.8. The Hall–Kier alpha value is -1.75. The Bertz CT molecular complexity index is 505. The first-order chi connectivity index (χ1) is 11.0. The number of urea groups is 1. The first kappa shape index (κ1) is 17.6. The highest BCUT2D eigenvalue weighted by Gasteiger charge is 2.21. The van der Waals surface area contributed by atoms with Crippen molar-refractivity contribution in [2.75, 3.05) is 6.61 Å². The molecule has 5 heteroatoms. The summed E-state index contributed by atoms with van der Waals surface area (Å²) in [5.74, 6) is 0.892. The Morgan fingerprint density at radius 2 is 1.87 bits per heavy atom. The molecule has 23 heavy (non-hydrogen) atoms. The number of aliphatic hydroxyl groups is 1. The summed E-state index contributed by atoms with van der Waals surface area (Å²) in [4.78, 5) is 12.0. The molecule has 2 rings (SSSR count). The third-order valence-corrected chi connectivity index (χ3v) is 4.30. The number of hydrogen-bond acceptors (Lipinski definition) is 3. The summed E-state index contributed by atoms with van der Waals surface area (Å²) in [5.41, 5.74) is 2.20. The largest absolute Gasteiger partial charge is 0.491 e. The highest BCUT2D eigenvalue weighted by Crippen LogP contribution is 2.22. The molecular formula is C18H28N2O3. The van der Waals surface area contributed by atoms with Crippen LogP contribution < -0.4 is 15.4 Å². The van der Waals surface area contributed by atoms with Crippen LogP contribution in [-0.2, 0) is 0 Å². The van der Waals surface area contributed by atoms with Gasteiger partial charge in [-0.05, 0) is 57.6 Å². The van der Waals surface area contributed by atoms with Gasteiger partial charge < -0.3 is 20.5 Å². The van der Waals surface area contributed by atoms with Crippen LogP contribution in [-0.4, -0.2) is 35.9 Å². The van der Waals surface area contributed by atoms with Crippen molar-refractivity contribution in [3.8, 4) is 5.75 Å². The van der Waals surface area contributed by atoms with Crippen molar-refractivity contribution in [2.45, 2.75) is 64.6 Å². The number of para-hydroxylation sites is 1. The number of carbonyl (C=O) groups excluding carboxylic acids is 1. The summed E-state index contributed by atoms with van der Waals surface area (Å²) >= 11 is 0. The number of aryl methyl sites for hydroxylation is 2. The third-order valence-electron chi connectivity index (χ3n) is 4.30. The molecule has 0 spiro atoms. The van der Waals surface area contributed by atoms with Crippen LogP contribution in [0.2, 0.25) is 0 Å². The molecule has 1 aromatic carbocycles. The molecule has 0 heterocycles. The molecule has 5 nitrogen and oxygen atoms in total. The highest BCUT2D eigenvalue weighted by atomic mass is 16.5. The van der Waals surface area contributed by atoms with Crippen LogP contribution in [0.25, 0.3) is 0 Å². The molecule has 0 aliphatic heterocycles. The molecule has 1 fully saturated rings. The van der Waals surface area contributed by atoms with Gasteiger partial charge in [0.05, 0.1) is 12.1 Å². The van der Waals surface area contributed by atoms with E-state index in [0.29, 0.717) is 6.61 Å². The van der Waals surface area contributed by atoms with Crippen LogP contribution in [0.1, 0.15) is 43.7 Å². The minimum absolute atomic E-state index is 0.0804. The van der Waals surface area contributed by atoms with Crippen molar-refractivity contribution >= 4 is 6.03 Å². The second-order valence-corrected chi connectivity index (χ2v) is 6.56. The zero-order valence-corrected chi connectivity index (χ0v) is 14.3. The lowest BCUT2D eigenvalue weighted by Gasteiger charge is -2.27. The Balaban J connectivity index is 1.74. The van der Waals surface area contributed by atoms with Crippen LogP contribution in [0, 0.1) is 13.8 Å². The number of nitrogens with one attached hydrogen (secondary N) is 2. The van der Waals surface area contributed by atoms with E-state index in [9.17, 15) is 9.90 Å². The smallest absolute Gasteiger partial charge is 0.315 e. The number of rotatable bonds is 5. The van der Waals surface area contributed by atoms with Crippen LogP contribution in [0.4, 0.5) is 4.79 Å². The molecule has 0 radical (unpaired) electrons. The lowest BCUT2D eigenvalue weighted by atomic mass is 9.93. The summed E-state index contributed by atoms with van der Waals surface area (Å²) in [6.07, 6.45) is 2.98. The van der Waals surface area contributed by atoms with Crippen LogP contribution in [0.5, 0.6) is 5.75 Å². The minimum Gasteiger partial charge on any atom is -0.491 e. The van der Waals surface area contributed by atoms with Gasteiger partial charge in [-0.3, -0.25) is 0 Å². The van der Waals surface area contributed by atoms with E-state index >= 15 is 0 Å². The molecule has 1 atom stereocenters. The van der Waals surface area contributed by atoms with Gasteiger partial charge in [0, 0.05) is 6.04 Å². The summed E-state index contributed by atoms with van der Waals surface area (Å²) in [6, 6.07) is 5.96. The number of hydrogen-bond donors (Lipinski definition) is 3. The molecular weight excluding hydrogens is 292 g/mol. The predicted molar refractivity (Wildman–Crippen MR) is 90.8 cm³/mol. The van der Waals surface area contributed by atoms with E-state index < -0.39 is 0 Å². The van der Waals surface area contributed by atoms with Crippen molar-refractivity contribution in [1.82, 2.24) is 10.6 Å². The van der Waals surface area contributed by atoms with Crippen molar-refractivity contribution in [2.24, 2.45) is 0 Å². The van der Waals surface area contributed by atoms with E-state index in [4.69, 9.17) is 4.74 Å². The van der Waals surface area contributed by atoms with Gasteiger partial charge in [0.2, 0.25) is 0 Å². The van der Waals surface area contributed by atoms with Gasteiger partial charge in [-0.2, -0.15) is 0 Å². The average molecular weight is 320 g/mol. The van der Waals surface area contributed by atoms with Crippen molar-refractivity contribution < 1.29 is 14.6 Å². The van der Waals surface area contributed by atoms with Gasteiger partial charge in [-0.25, -0.2) is 4.79 Å². The van der Waals surface area contributed by atoms with E-state index in [1.165, 1.54) is 0 Å². The van der Waals surface area contributed by atoms with Gasteiger partial charge in [0.1, 0.15) is 12.4 Å². The minimum atomic E-state index is -0.208. The number of amides is 2. The van der Waals surface area contributed by atoms with Gasteiger partial charge in [0.25, 0.3) is 0 Å². The molecule has 0 aromatic heterocycles.